The van der Waals surface area contributed by atoms with Crippen LogP contribution in [-0.2, 0) is 0 Å². The molecule has 104 valence electrons. The molecule has 3 aromatic rings. The van der Waals surface area contributed by atoms with Crippen molar-refractivity contribution in [2.24, 2.45) is 0 Å². The first-order chi connectivity index (χ1) is 10.1. The van der Waals surface area contributed by atoms with Crippen LogP contribution in [0.4, 0.5) is 11.6 Å². The van der Waals surface area contributed by atoms with Crippen LogP contribution in [-0.4, -0.2) is 26.0 Å². The third-order valence-corrected chi connectivity index (χ3v) is 3.10. The Kier molecular flexibility index (Phi) is 3.19. The Hall–Kier alpha value is -3.02. The number of carbonyl (C=O) groups is 1. The summed E-state index contributed by atoms with van der Waals surface area (Å²) in [5, 5.41) is 13.0. The molecule has 0 amide bonds. The quantitative estimate of drug-likeness (QED) is 0.767. The molecule has 1 aromatic carbocycles. The van der Waals surface area contributed by atoms with E-state index in [-0.39, 0.29) is 5.56 Å². The summed E-state index contributed by atoms with van der Waals surface area (Å²) in [5.41, 5.74) is 2.20. The molecule has 2 N–H and O–H groups in total. The molecule has 6 heteroatoms. The van der Waals surface area contributed by atoms with Gasteiger partial charge in [0.15, 0.2) is 0 Å². The summed E-state index contributed by atoms with van der Waals surface area (Å²) in [5.74, 6) is -0.678. The van der Waals surface area contributed by atoms with Gasteiger partial charge in [0.2, 0.25) is 5.95 Å². The van der Waals surface area contributed by atoms with Crippen molar-refractivity contribution >= 4 is 28.5 Å². The highest BCUT2D eigenvalue weighted by molar-refractivity contribution is 5.92. The zero-order valence-corrected chi connectivity index (χ0v) is 11.2. The number of carboxylic acid groups (broad SMARTS) is 1. The fourth-order valence-corrected chi connectivity index (χ4v) is 2.07. The highest BCUT2D eigenvalue weighted by atomic mass is 16.4. The Labute approximate surface area is 120 Å². The maximum Gasteiger partial charge on any atom is 0.339 e. The first-order valence-electron chi connectivity index (χ1n) is 6.33. The van der Waals surface area contributed by atoms with E-state index in [0.717, 1.165) is 16.6 Å². The molecule has 0 unspecified atom stereocenters. The van der Waals surface area contributed by atoms with Gasteiger partial charge in [-0.05, 0) is 31.2 Å². The Balaban J connectivity index is 1.99. The van der Waals surface area contributed by atoms with E-state index in [2.05, 4.69) is 20.3 Å². The van der Waals surface area contributed by atoms with Crippen LogP contribution in [0.25, 0.3) is 10.9 Å². The predicted octanol–water partition coefficient (Wildman–Crippen LogP) is 2.78. The molecule has 21 heavy (non-hydrogen) atoms. The molecule has 2 heterocycles. The van der Waals surface area contributed by atoms with E-state index in [0.29, 0.717) is 11.6 Å². The number of hydrogen-bond acceptors (Lipinski definition) is 5. The summed E-state index contributed by atoms with van der Waals surface area (Å²) in [6.45, 7) is 1.64. The monoisotopic (exact) mass is 280 g/mol. The molecule has 0 aliphatic heterocycles. The van der Waals surface area contributed by atoms with Gasteiger partial charge in [-0.15, -0.1) is 0 Å². The van der Waals surface area contributed by atoms with E-state index >= 15 is 0 Å². The van der Waals surface area contributed by atoms with Gasteiger partial charge in [-0.2, -0.15) is 0 Å². The van der Waals surface area contributed by atoms with Gasteiger partial charge < -0.3 is 10.4 Å². The number of aromatic carboxylic acids is 1. The minimum atomic E-state index is -1.03. The molecule has 6 nitrogen and oxygen atoms in total. The zero-order valence-electron chi connectivity index (χ0n) is 11.2. The minimum Gasteiger partial charge on any atom is -0.478 e. The summed E-state index contributed by atoms with van der Waals surface area (Å²) in [7, 11) is 0. The van der Waals surface area contributed by atoms with Gasteiger partial charge in [-0.1, -0.05) is 6.07 Å². The Morgan fingerprint density at radius 1 is 1.19 bits per heavy atom. The van der Waals surface area contributed by atoms with Crippen LogP contribution in [0.3, 0.4) is 0 Å². The molecular weight excluding hydrogens is 268 g/mol. The second-order valence-corrected chi connectivity index (χ2v) is 4.50. The first kappa shape index (κ1) is 13.0. The van der Waals surface area contributed by atoms with Crippen molar-refractivity contribution < 1.29 is 9.90 Å². The highest BCUT2D eigenvalue weighted by Gasteiger charge is 2.10. The zero-order chi connectivity index (χ0) is 14.8. The lowest BCUT2D eigenvalue weighted by molar-refractivity contribution is 0.0695. The van der Waals surface area contributed by atoms with Gasteiger partial charge >= 0.3 is 5.97 Å². The summed E-state index contributed by atoms with van der Waals surface area (Å²) in [6, 6.07) is 9.50. The van der Waals surface area contributed by atoms with Crippen molar-refractivity contribution in [1.29, 1.82) is 0 Å². The number of aryl methyl sites for hydroxylation is 1. The lowest BCUT2D eigenvalue weighted by Gasteiger charge is -2.09. The number of hydrogen-bond donors (Lipinski definition) is 2. The lowest BCUT2D eigenvalue weighted by atomic mass is 10.2. The summed E-state index contributed by atoms with van der Waals surface area (Å²) in [6.07, 6.45) is 3.03. The third kappa shape index (κ3) is 2.51. The van der Waals surface area contributed by atoms with Crippen molar-refractivity contribution in [2.45, 2.75) is 6.92 Å². The van der Waals surface area contributed by atoms with Crippen LogP contribution in [0.2, 0.25) is 0 Å². The normalized spacial score (nSPS) is 10.5. The molecule has 2 aromatic heterocycles. The maximum absolute atomic E-state index is 11.0. The Morgan fingerprint density at radius 3 is 2.81 bits per heavy atom. The average Bonchev–Trinajstić information content (AvgIpc) is 2.47. The number of anilines is 2. The molecule has 0 atom stereocenters. The standard InChI is InChI=1S/C15H12N4O2/c1-9-11(14(20)21)8-17-15(18-9)19-13-6-2-5-12-10(13)4-3-7-16-12/h2-8H,1H3,(H,20,21)(H,17,18,19). The second-order valence-electron chi connectivity index (χ2n) is 4.50. The Bertz CT molecular complexity index is 828. The fourth-order valence-electron chi connectivity index (χ4n) is 2.07. The van der Waals surface area contributed by atoms with Gasteiger partial charge in [0, 0.05) is 17.8 Å². The van der Waals surface area contributed by atoms with Gasteiger partial charge in [0.05, 0.1) is 22.5 Å². The summed E-state index contributed by atoms with van der Waals surface area (Å²) >= 11 is 0. The minimum absolute atomic E-state index is 0.0973. The second kappa shape index (κ2) is 5.16. The number of carboxylic acids is 1. The molecule has 0 saturated carbocycles. The van der Waals surface area contributed by atoms with Crippen molar-refractivity contribution in [3.63, 3.8) is 0 Å². The van der Waals surface area contributed by atoms with Crippen LogP contribution < -0.4 is 5.32 Å². The van der Waals surface area contributed by atoms with E-state index in [1.807, 2.05) is 30.3 Å². The Morgan fingerprint density at radius 2 is 2.05 bits per heavy atom. The molecule has 0 spiro atoms. The largest absolute Gasteiger partial charge is 0.478 e. The van der Waals surface area contributed by atoms with Crippen LogP contribution in [0, 0.1) is 6.92 Å². The molecule has 0 bridgehead atoms. The van der Waals surface area contributed by atoms with Gasteiger partial charge in [-0.3, -0.25) is 4.98 Å². The third-order valence-electron chi connectivity index (χ3n) is 3.10. The number of nitrogens with zero attached hydrogens (tertiary/aromatic N) is 3. The van der Waals surface area contributed by atoms with Crippen LogP contribution in [0.5, 0.6) is 0 Å². The van der Waals surface area contributed by atoms with E-state index < -0.39 is 5.97 Å². The fraction of sp³-hybridized carbons (Fsp3) is 0.0667. The van der Waals surface area contributed by atoms with Gasteiger partial charge in [0.1, 0.15) is 0 Å². The van der Waals surface area contributed by atoms with Crippen molar-refractivity contribution in [3.8, 4) is 0 Å². The molecule has 0 aliphatic carbocycles. The predicted molar refractivity (Wildman–Crippen MR) is 78.8 cm³/mol. The molecule has 0 aliphatic rings. The summed E-state index contributed by atoms with van der Waals surface area (Å²) in [4.78, 5) is 23.4. The molecule has 0 fully saturated rings. The molecular formula is C15H12N4O2. The van der Waals surface area contributed by atoms with Gasteiger partial charge in [0.25, 0.3) is 0 Å². The number of rotatable bonds is 3. The van der Waals surface area contributed by atoms with Crippen LogP contribution in [0.15, 0.2) is 42.7 Å². The smallest absolute Gasteiger partial charge is 0.339 e. The molecule has 0 saturated heterocycles. The number of pyridine rings is 1. The molecule has 3 rings (SSSR count). The SMILES string of the molecule is Cc1nc(Nc2cccc3ncccc23)ncc1C(=O)O. The van der Waals surface area contributed by atoms with E-state index in [1.54, 1.807) is 13.1 Å². The van der Waals surface area contributed by atoms with Crippen LogP contribution in [0.1, 0.15) is 16.1 Å². The number of nitrogens with one attached hydrogen (secondary N) is 1. The molecule has 0 radical (unpaired) electrons. The van der Waals surface area contributed by atoms with Crippen LogP contribution >= 0.6 is 0 Å². The van der Waals surface area contributed by atoms with Crippen molar-refractivity contribution in [2.75, 3.05) is 5.32 Å². The topological polar surface area (TPSA) is 88.0 Å². The van der Waals surface area contributed by atoms with Gasteiger partial charge in [-0.25, -0.2) is 14.8 Å². The lowest BCUT2D eigenvalue weighted by Crippen LogP contribution is -2.06. The number of benzene rings is 1. The number of aromatic nitrogens is 3. The first-order valence-corrected chi connectivity index (χ1v) is 6.33. The van der Waals surface area contributed by atoms with E-state index in [9.17, 15) is 4.79 Å². The number of fused-ring (bicyclic) bond motifs is 1. The van der Waals surface area contributed by atoms with Crippen molar-refractivity contribution in [1.82, 2.24) is 15.0 Å². The van der Waals surface area contributed by atoms with Crippen molar-refractivity contribution in [3.05, 3.63) is 54.0 Å². The van der Waals surface area contributed by atoms with E-state index in [1.165, 1.54) is 6.20 Å². The highest BCUT2D eigenvalue weighted by Crippen LogP contribution is 2.23. The maximum atomic E-state index is 11.0. The average molecular weight is 280 g/mol. The summed E-state index contributed by atoms with van der Waals surface area (Å²) < 4.78 is 0. The van der Waals surface area contributed by atoms with E-state index in [4.69, 9.17) is 5.11 Å².